The summed E-state index contributed by atoms with van der Waals surface area (Å²) in [6.07, 6.45) is -0.727. The van der Waals surface area contributed by atoms with Gasteiger partial charge in [-0.3, -0.25) is 0 Å². The lowest BCUT2D eigenvalue weighted by Gasteiger charge is -2.25. The molecule has 19 heavy (non-hydrogen) atoms. The minimum absolute atomic E-state index is 0.0200. The van der Waals surface area contributed by atoms with Crippen LogP contribution in [0.25, 0.3) is 0 Å². The molecule has 2 N–H and O–H groups in total. The number of nitrogens with zero attached hydrogens (tertiary/aromatic N) is 1. The second kappa shape index (κ2) is 5.55. The van der Waals surface area contributed by atoms with Crippen LogP contribution in [-0.4, -0.2) is 50.1 Å². The van der Waals surface area contributed by atoms with Gasteiger partial charge in [0.15, 0.2) is 0 Å². The first-order valence-electron chi connectivity index (χ1n) is 5.65. The zero-order valence-corrected chi connectivity index (χ0v) is 12.5. The minimum atomic E-state index is -3.74. The van der Waals surface area contributed by atoms with Crippen LogP contribution < -0.4 is 5.32 Å². The van der Waals surface area contributed by atoms with Gasteiger partial charge in [0.05, 0.1) is 17.0 Å². The maximum Gasteiger partial charge on any atom is 0.243 e. The summed E-state index contributed by atoms with van der Waals surface area (Å²) in [6.45, 7) is 0.784. The number of benzene rings is 1. The molecule has 0 unspecified atom stereocenters. The van der Waals surface area contributed by atoms with E-state index in [0.717, 1.165) is 4.31 Å². The molecule has 106 valence electrons. The lowest BCUT2D eigenvalue weighted by molar-refractivity contribution is 0.136. The molecule has 0 saturated carbocycles. The van der Waals surface area contributed by atoms with Crippen molar-refractivity contribution in [3.8, 4) is 0 Å². The molecule has 1 heterocycles. The predicted octanol–water partition coefficient (Wildman–Crippen LogP) is 0.947. The Balaban J connectivity index is 2.36. The van der Waals surface area contributed by atoms with E-state index in [-0.39, 0.29) is 14.9 Å². The molecular formula is C11H14Cl2N2O3S. The van der Waals surface area contributed by atoms with Crippen LogP contribution in [0.5, 0.6) is 0 Å². The molecule has 1 aromatic carbocycles. The van der Waals surface area contributed by atoms with E-state index < -0.39 is 22.2 Å². The zero-order chi connectivity index (χ0) is 14.2. The maximum absolute atomic E-state index is 12.4. The van der Waals surface area contributed by atoms with Crippen LogP contribution in [0.1, 0.15) is 0 Å². The Labute approximate surface area is 122 Å². The summed E-state index contributed by atoms with van der Waals surface area (Å²) in [7, 11) is -2.30. The number of rotatable bonds is 3. The number of aliphatic hydroxyl groups excluding tert-OH is 1. The van der Waals surface area contributed by atoms with Crippen molar-refractivity contribution in [3.63, 3.8) is 0 Å². The Bertz CT molecular complexity index is 559. The van der Waals surface area contributed by atoms with Crippen molar-refractivity contribution in [2.45, 2.75) is 17.0 Å². The molecule has 0 amide bonds. The molecule has 0 aromatic heterocycles. The van der Waals surface area contributed by atoms with E-state index in [1.54, 1.807) is 0 Å². The number of aliphatic hydroxyl groups is 1. The first-order chi connectivity index (χ1) is 8.82. The van der Waals surface area contributed by atoms with Crippen molar-refractivity contribution in [3.05, 3.63) is 28.2 Å². The molecular weight excluding hydrogens is 311 g/mol. The van der Waals surface area contributed by atoms with Gasteiger partial charge in [0.1, 0.15) is 0 Å². The molecule has 2 rings (SSSR count). The number of sulfonamides is 1. The van der Waals surface area contributed by atoms with Gasteiger partial charge in [0, 0.05) is 30.2 Å². The number of β-amino-alcohol motifs (C(OH)–C–C–N with tert-alkyl or cyclic N) is 1. The lowest BCUT2D eigenvalue weighted by atomic mass is 10.2. The average molecular weight is 325 g/mol. The van der Waals surface area contributed by atoms with Gasteiger partial charge < -0.3 is 10.4 Å². The fourth-order valence-electron chi connectivity index (χ4n) is 2.04. The fraction of sp³-hybridized carbons (Fsp3) is 0.455. The Kier molecular flexibility index (Phi) is 4.39. The van der Waals surface area contributed by atoms with E-state index in [0.29, 0.717) is 13.1 Å². The second-order valence-corrected chi connectivity index (χ2v) is 7.29. The Hall–Kier alpha value is -0.370. The number of halogens is 2. The van der Waals surface area contributed by atoms with Crippen LogP contribution >= 0.6 is 23.2 Å². The summed E-state index contributed by atoms with van der Waals surface area (Å²) >= 11 is 11.6. The number of likely N-dealkylation sites (N-methyl/N-ethyl adjacent to an activating group) is 1. The number of nitrogens with one attached hydrogen (secondary N) is 1. The molecule has 0 spiro atoms. The molecule has 0 radical (unpaired) electrons. The van der Waals surface area contributed by atoms with E-state index in [2.05, 4.69) is 5.32 Å². The molecule has 1 aromatic rings. The van der Waals surface area contributed by atoms with Crippen LogP contribution in [-0.2, 0) is 10.0 Å². The third-order valence-corrected chi connectivity index (χ3v) is 5.43. The van der Waals surface area contributed by atoms with Gasteiger partial charge in [-0.05, 0) is 18.2 Å². The Morgan fingerprint density at radius 1 is 1.26 bits per heavy atom. The third kappa shape index (κ3) is 3.04. The van der Waals surface area contributed by atoms with Crippen LogP contribution in [0.2, 0.25) is 10.0 Å². The highest BCUT2D eigenvalue weighted by Crippen LogP contribution is 2.26. The van der Waals surface area contributed by atoms with Gasteiger partial charge in [-0.15, -0.1) is 0 Å². The summed E-state index contributed by atoms with van der Waals surface area (Å²) in [4.78, 5) is 0.0200. The summed E-state index contributed by atoms with van der Waals surface area (Å²) in [5, 5.41) is 13.2. The quantitative estimate of drug-likeness (QED) is 0.868. The summed E-state index contributed by atoms with van der Waals surface area (Å²) in [6, 6.07) is 3.65. The minimum Gasteiger partial charge on any atom is -0.390 e. The Morgan fingerprint density at radius 3 is 2.32 bits per heavy atom. The van der Waals surface area contributed by atoms with Crippen molar-refractivity contribution >= 4 is 33.2 Å². The van der Waals surface area contributed by atoms with E-state index in [4.69, 9.17) is 23.2 Å². The van der Waals surface area contributed by atoms with Crippen molar-refractivity contribution < 1.29 is 13.5 Å². The monoisotopic (exact) mass is 324 g/mol. The van der Waals surface area contributed by atoms with Crippen molar-refractivity contribution in [1.82, 2.24) is 9.62 Å². The van der Waals surface area contributed by atoms with E-state index in [9.17, 15) is 13.5 Å². The van der Waals surface area contributed by atoms with Crippen molar-refractivity contribution in [2.75, 3.05) is 20.1 Å². The molecule has 8 heteroatoms. The highest BCUT2D eigenvalue weighted by Gasteiger charge is 2.35. The maximum atomic E-state index is 12.4. The van der Waals surface area contributed by atoms with Crippen LogP contribution in [0.15, 0.2) is 23.1 Å². The Morgan fingerprint density at radius 2 is 1.84 bits per heavy atom. The van der Waals surface area contributed by atoms with Crippen molar-refractivity contribution in [2.24, 2.45) is 0 Å². The van der Waals surface area contributed by atoms with Gasteiger partial charge in [-0.2, -0.15) is 4.31 Å². The van der Waals surface area contributed by atoms with Gasteiger partial charge in [0.2, 0.25) is 10.0 Å². The topological polar surface area (TPSA) is 69.6 Å². The van der Waals surface area contributed by atoms with Crippen LogP contribution in [0, 0.1) is 0 Å². The average Bonchev–Trinajstić information content (AvgIpc) is 2.73. The molecule has 0 aliphatic carbocycles. The third-order valence-electron chi connectivity index (χ3n) is 3.13. The first kappa shape index (κ1) is 15.0. The SMILES string of the molecule is CN([C@@H]1CNC[C@H]1O)S(=O)(=O)c1cc(Cl)cc(Cl)c1. The number of hydrogen-bond acceptors (Lipinski definition) is 4. The summed E-state index contributed by atoms with van der Waals surface area (Å²) in [5.41, 5.74) is 0. The smallest absolute Gasteiger partial charge is 0.243 e. The van der Waals surface area contributed by atoms with Gasteiger partial charge in [-0.1, -0.05) is 23.2 Å². The first-order valence-corrected chi connectivity index (χ1v) is 7.85. The molecule has 2 atom stereocenters. The lowest BCUT2D eigenvalue weighted by Crippen LogP contribution is -2.44. The largest absolute Gasteiger partial charge is 0.390 e. The molecule has 1 aliphatic heterocycles. The summed E-state index contributed by atoms with van der Waals surface area (Å²) < 4.78 is 26.0. The number of hydrogen-bond donors (Lipinski definition) is 2. The molecule has 1 saturated heterocycles. The van der Waals surface area contributed by atoms with Gasteiger partial charge in [-0.25, -0.2) is 8.42 Å². The zero-order valence-electron chi connectivity index (χ0n) is 10.2. The molecule has 5 nitrogen and oxygen atoms in total. The standard InChI is InChI=1S/C11H14Cl2N2O3S/c1-15(10-5-14-6-11(10)16)19(17,18)9-3-7(12)2-8(13)4-9/h2-4,10-11,14,16H,5-6H2,1H3/t10-,11-/m1/s1. The highest BCUT2D eigenvalue weighted by atomic mass is 35.5. The summed E-state index contributed by atoms with van der Waals surface area (Å²) in [5.74, 6) is 0. The second-order valence-electron chi connectivity index (χ2n) is 4.42. The molecule has 0 bridgehead atoms. The van der Waals surface area contributed by atoms with Gasteiger partial charge in [0.25, 0.3) is 0 Å². The van der Waals surface area contributed by atoms with Crippen molar-refractivity contribution in [1.29, 1.82) is 0 Å². The highest BCUT2D eigenvalue weighted by molar-refractivity contribution is 7.89. The fourth-order valence-corrected chi connectivity index (χ4v) is 4.16. The van der Waals surface area contributed by atoms with E-state index >= 15 is 0 Å². The molecule has 1 aliphatic rings. The normalized spacial score (nSPS) is 24.1. The van der Waals surface area contributed by atoms with E-state index in [1.165, 1.54) is 25.2 Å². The van der Waals surface area contributed by atoms with Gasteiger partial charge >= 0.3 is 0 Å². The van der Waals surface area contributed by atoms with Crippen LogP contribution in [0.3, 0.4) is 0 Å². The molecule has 1 fully saturated rings. The van der Waals surface area contributed by atoms with E-state index in [1.807, 2.05) is 0 Å². The predicted molar refractivity (Wildman–Crippen MR) is 74.1 cm³/mol. The van der Waals surface area contributed by atoms with Crippen LogP contribution in [0.4, 0.5) is 0 Å².